The van der Waals surface area contributed by atoms with Gasteiger partial charge in [0.2, 0.25) is 5.91 Å². The Labute approximate surface area is 154 Å². The van der Waals surface area contributed by atoms with Crippen LogP contribution in [0.25, 0.3) is 0 Å². The Bertz CT molecular complexity index is 839. The first-order valence-corrected chi connectivity index (χ1v) is 8.75. The fourth-order valence-corrected chi connectivity index (χ4v) is 3.03. The monoisotopic (exact) mass is 348 g/mol. The van der Waals surface area contributed by atoms with Crippen LogP contribution in [0.3, 0.4) is 0 Å². The van der Waals surface area contributed by atoms with Crippen molar-refractivity contribution in [2.45, 2.75) is 25.9 Å². The summed E-state index contributed by atoms with van der Waals surface area (Å²) < 4.78 is 7.42. The second kappa shape index (κ2) is 8.39. The molecule has 0 aliphatic rings. The van der Waals surface area contributed by atoms with Crippen LogP contribution in [0.1, 0.15) is 29.2 Å². The lowest BCUT2D eigenvalue weighted by Crippen LogP contribution is -2.26. The highest BCUT2D eigenvalue weighted by atomic mass is 16.5. The molecule has 26 heavy (non-hydrogen) atoms. The number of amides is 1. The summed E-state index contributed by atoms with van der Waals surface area (Å²) in [5, 5.41) is 3.01. The second-order valence-corrected chi connectivity index (χ2v) is 6.35. The van der Waals surface area contributed by atoms with Crippen molar-refractivity contribution in [1.82, 2.24) is 9.88 Å². The number of hydrogen-bond donors (Lipinski definition) is 1. The Morgan fingerprint density at radius 3 is 2.42 bits per heavy atom. The zero-order valence-corrected chi connectivity index (χ0v) is 15.2. The summed E-state index contributed by atoms with van der Waals surface area (Å²) in [6.45, 7) is 2.52. The molecule has 0 bridgehead atoms. The van der Waals surface area contributed by atoms with Gasteiger partial charge >= 0.3 is 0 Å². The molecule has 0 saturated carbocycles. The van der Waals surface area contributed by atoms with E-state index in [-0.39, 0.29) is 11.9 Å². The zero-order chi connectivity index (χ0) is 18.4. The molecular weight excluding hydrogens is 324 g/mol. The van der Waals surface area contributed by atoms with Crippen molar-refractivity contribution in [2.75, 3.05) is 7.11 Å². The van der Waals surface area contributed by atoms with Crippen LogP contribution >= 0.6 is 0 Å². The van der Waals surface area contributed by atoms with Gasteiger partial charge in [0.05, 0.1) is 19.6 Å². The van der Waals surface area contributed by atoms with Gasteiger partial charge in [-0.1, -0.05) is 48.0 Å². The third-order valence-electron chi connectivity index (χ3n) is 4.50. The summed E-state index contributed by atoms with van der Waals surface area (Å²) in [5.41, 5.74) is 3.30. The Balaban J connectivity index is 1.70. The summed E-state index contributed by atoms with van der Waals surface area (Å²) in [6, 6.07) is 20.0. The number of aromatic nitrogens is 1. The largest absolute Gasteiger partial charge is 0.496 e. The van der Waals surface area contributed by atoms with Gasteiger partial charge in [-0.15, -0.1) is 0 Å². The first-order chi connectivity index (χ1) is 12.7. The summed E-state index contributed by atoms with van der Waals surface area (Å²) in [7, 11) is 1.64. The molecule has 3 aromatic rings. The Morgan fingerprint density at radius 1 is 1.04 bits per heavy atom. The maximum absolute atomic E-state index is 12.6. The van der Waals surface area contributed by atoms with E-state index in [2.05, 4.69) is 41.1 Å². The van der Waals surface area contributed by atoms with E-state index in [9.17, 15) is 4.79 Å². The van der Waals surface area contributed by atoms with Crippen molar-refractivity contribution in [2.24, 2.45) is 0 Å². The fraction of sp³-hybridized carbons (Fsp3) is 0.227. The Kier molecular flexibility index (Phi) is 5.74. The first kappa shape index (κ1) is 17.8. The van der Waals surface area contributed by atoms with Gasteiger partial charge in [0.1, 0.15) is 5.75 Å². The van der Waals surface area contributed by atoms with Crippen molar-refractivity contribution in [1.29, 1.82) is 0 Å². The quantitative estimate of drug-likeness (QED) is 0.698. The lowest BCUT2D eigenvalue weighted by molar-refractivity contribution is -0.121. The van der Waals surface area contributed by atoms with Crippen molar-refractivity contribution in [3.8, 4) is 5.75 Å². The summed E-state index contributed by atoms with van der Waals surface area (Å²) in [5.74, 6) is 0.795. The Morgan fingerprint density at radius 2 is 1.73 bits per heavy atom. The van der Waals surface area contributed by atoms with Gasteiger partial charge in [-0.05, 0) is 30.7 Å². The smallest absolute Gasteiger partial charge is 0.222 e. The van der Waals surface area contributed by atoms with Gasteiger partial charge < -0.3 is 14.6 Å². The third-order valence-corrected chi connectivity index (χ3v) is 4.50. The van der Waals surface area contributed by atoms with E-state index in [4.69, 9.17) is 4.74 Å². The number of hydrogen-bond acceptors (Lipinski definition) is 2. The third kappa shape index (κ3) is 4.33. The van der Waals surface area contributed by atoms with Gasteiger partial charge in [0.15, 0.2) is 0 Å². The molecule has 0 radical (unpaired) electrons. The molecule has 0 spiro atoms. The van der Waals surface area contributed by atoms with Crippen molar-refractivity contribution in [3.05, 3.63) is 89.7 Å². The van der Waals surface area contributed by atoms with E-state index in [0.29, 0.717) is 13.0 Å². The normalized spacial score (nSPS) is 11.8. The first-order valence-electron chi connectivity index (χ1n) is 8.75. The van der Waals surface area contributed by atoms with E-state index < -0.39 is 0 Å². The predicted molar refractivity (Wildman–Crippen MR) is 103 cm³/mol. The van der Waals surface area contributed by atoms with Crippen LogP contribution in [-0.4, -0.2) is 17.6 Å². The lowest BCUT2D eigenvalue weighted by atomic mass is 10.0. The van der Waals surface area contributed by atoms with Crippen LogP contribution < -0.4 is 10.1 Å². The second-order valence-electron chi connectivity index (χ2n) is 6.35. The highest BCUT2D eigenvalue weighted by Crippen LogP contribution is 2.23. The Hall–Kier alpha value is -3.01. The number of methoxy groups -OCH3 is 1. The zero-order valence-electron chi connectivity index (χ0n) is 15.2. The molecule has 134 valence electrons. The van der Waals surface area contributed by atoms with E-state index in [1.165, 1.54) is 5.56 Å². The van der Waals surface area contributed by atoms with Crippen LogP contribution in [-0.2, 0) is 11.3 Å². The number of para-hydroxylation sites is 1. The molecule has 2 aromatic carbocycles. The van der Waals surface area contributed by atoms with Crippen LogP contribution in [0.5, 0.6) is 5.75 Å². The molecule has 4 heteroatoms. The van der Waals surface area contributed by atoms with Crippen LogP contribution in [0.2, 0.25) is 0 Å². The standard InChI is InChI=1S/C22H24N2O2/c1-17-9-11-18(12-10-17)20(24-13-5-6-14-24)15-22(25)23-16-19-7-3-4-8-21(19)26-2/h3-14,20H,15-16H2,1-2H3,(H,23,25)/t20-/m1/s1. The van der Waals surface area contributed by atoms with Crippen molar-refractivity contribution in [3.63, 3.8) is 0 Å². The minimum atomic E-state index is -0.0248. The topological polar surface area (TPSA) is 43.3 Å². The van der Waals surface area contributed by atoms with Crippen molar-refractivity contribution < 1.29 is 9.53 Å². The van der Waals surface area contributed by atoms with E-state index in [1.807, 2.05) is 48.8 Å². The molecule has 1 N–H and O–H groups in total. The maximum atomic E-state index is 12.6. The molecule has 1 aromatic heterocycles. The fourth-order valence-electron chi connectivity index (χ4n) is 3.03. The minimum absolute atomic E-state index is 0.00943. The number of carbonyl (C=O) groups is 1. The number of nitrogens with one attached hydrogen (secondary N) is 1. The van der Waals surface area contributed by atoms with Gasteiger partial charge in [-0.2, -0.15) is 0 Å². The number of nitrogens with zero attached hydrogens (tertiary/aromatic N) is 1. The molecule has 0 aliphatic heterocycles. The molecule has 4 nitrogen and oxygen atoms in total. The van der Waals surface area contributed by atoms with Crippen LogP contribution in [0.15, 0.2) is 73.1 Å². The molecule has 3 rings (SSSR count). The SMILES string of the molecule is COc1ccccc1CNC(=O)C[C@H](c1ccc(C)cc1)n1cccc1. The van der Waals surface area contributed by atoms with Gasteiger partial charge in [-0.3, -0.25) is 4.79 Å². The lowest BCUT2D eigenvalue weighted by Gasteiger charge is -2.20. The van der Waals surface area contributed by atoms with E-state index in [1.54, 1.807) is 7.11 Å². The van der Waals surface area contributed by atoms with Gasteiger partial charge in [0, 0.05) is 24.5 Å². The molecule has 0 saturated heterocycles. The highest BCUT2D eigenvalue weighted by molar-refractivity contribution is 5.77. The van der Waals surface area contributed by atoms with Crippen molar-refractivity contribution >= 4 is 5.91 Å². The number of carbonyl (C=O) groups excluding carboxylic acids is 1. The predicted octanol–water partition coefficient (Wildman–Crippen LogP) is 4.10. The number of ether oxygens (including phenoxy) is 1. The van der Waals surface area contributed by atoms with Gasteiger partial charge in [0.25, 0.3) is 0 Å². The average Bonchev–Trinajstić information content (AvgIpc) is 3.20. The maximum Gasteiger partial charge on any atom is 0.222 e. The number of benzene rings is 2. The number of rotatable bonds is 7. The molecule has 0 aliphatic carbocycles. The van der Waals surface area contributed by atoms with E-state index >= 15 is 0 Å². The highest BCUT2D eigenvalue weighted by Gasteiger charge is 2.17. The summed E-state index contributed by atoms with van der Waals surface area (Å²) >= 11 is 0. The molecule has 0 unspecified atom stereocenters. The van der Waals surface area contributed by atoms with Gasteiger partial charge in [-0.25, -0.2) is 0 Å². The molecule has 0 fully saturated rings. The molecule has 1 amide bonds. The summed E-state index contributed by atoms with van der Waals surface area (Å²) in [4.78, 5) is 12.6. The summed E-state index contributed by atoms with van der Waals surface area (Å²) in [6.07, 6.45) is 4.38. The average molecular weight is 348 g/mol. The molecule has 1 heterocycles. The van der Waals surface area contributed by atoms with E-state index in [0.717, 1.165) is 16.9 Å². The minimum Gasteiger partial charge on any atom is -0.496 e. The van der Waals surface area contributed by atoms with Crippen LogP contribution in [0.4, 0.5) is 0 Å². The molecule has 1 atom stereocenters. The van der Waals surface area contributed by atoms with Crippen LogP contribution in [0, 0.1) is 6.92 Å². The number of aryl methyl sites for hydroxylation is 1. The molecular formula is C22H24N2O2.